The molecule has 0 aliphatic carbocycles. The highest BCUT2D eigenvalue weighted by molar-refractivity contribution is 6.30. The van der Waals surface area contributed by atoms with Gasteiger partial charge < -0.3 is 9.73 Å². The van der Waals surface area contributed by atoms with Gasteiger partial charge in [0.2, 0.25) is 5.71 Å². The quantitative estimate of drug-likeness (QED) is 0.187. The zero-order valence-electron chi connectivity index (χ0n) is 30.2. The Labute approximate surface area is 318 Å². The number of para-hydroxylation sites is 1. The number of nitrogens with one attached hydrogen (secondary N) is 2. The van der Waals surface area contributed by atoms with Gasteiger partial charge in [0.1, 0.15) is 23.8 Å². The molecule has 0 fully saturated rings. The Hall–Kier alpha value is -6.95. The van der Waals surface area contributed by atoms with Crippen LogP contribution in [0.15, 0.2) is 185 Å². The van der Waals surface area contributed by atoms with Crippen LogP contribution in [0.4, 0.5) is 0 Å². The molecule has 0 radical (unpaired) electrons. The molecular weight excluding hydrogens is 673 g/mol. The lowest BCUT2D eigenvalue weighted by Gasteiger charge is -2.32. The van der Waals surface area contributed by atoms with Crippen molar-refractivity contribution in [3.63, 3.8) is 0 Å². The van der Waals surface area contributed by atoms with E-state index in [9.17, 15) is 0 Å². The summed E-state index contributed by atoms with van der Waals surface area (Å²) in [5.41, 5.74) is 10.7. The maximum atomic E-state index is 7.20. The molecule has 1 aliphatic heterocycles. The van der Waals surface area contributed by atoms with Crippen LogP contribution in [-0.2, 0) is 0 Å². The highest BCUT2D eigenvalue weighted by Gasteiger charge is 2.27. The average molecular weight is 709 g/mol. The van der Waals surface area contributed by atoms with E-state index in [2.05, 4.69) is 186 Å². The standard InChI is InChI=1S/C50H36N4O/c1-31-39-20-10-11-21-40(39)44-45-41-22-12-13-23-42(41)54(50(45)55-46(44)43(31)37-25-24-32-14-8-9-19-36(32)30-37)38-28-26-35(27-29-38)49-52-47(33-15-4-2-5-16-33)51-48(53-49)34-17-6-3-7-18-34/h2-30,47,49,52H,1H3,(H,51,53). The molecular formula is C50H36N4O. The first kappa shape index (κ1) is 31.6. The van der Waals surface area contributed by atoms with Crippen molar-refractivity contribution in [2.75, 3.05) is 0 Å². The number of aromatic nitrogens is 1. The molecule has 262 valence electrons. The van der Waals surface area contributed by atoms with Crippen LogP contribution in [0.25, 0.3) is 71.3 Å². The van der Waals surface area contributed by atoms with E-state index in [1.807, 2.05) is 12.1 Å². The highest BCUT2D eigenvalue weighted by Crippen LogP contribution is 2.47. The molecule has 11 rings (SSSR count). The monoisotopic (exact) mass is 708 g/mol. The van der Waals surface area contributed by atoms with Crippen molar-refractivity contribution >= 4 is 60.4 Å². The highest BCUT2D eigenvalue weighted by atomic mass is 16.3. The molecule has 2 aromatic heterocycles. The van der Waals surface area contributed by atoms with E-state index in [1.165, 1.54) is 32.5 Å². The zero-order chi connectivity index (χ0) is 36.5. The van der Waals surface area contributed by atoms with Gasteiger partial charge in [-0.2, -0.15) is 0 Å². The summed E-state index contributed by atoms with van der Waals surface area (Å²) in [4.78, 5) is 5.09. The lowest BCUT2D eigenvalue weighted by molar-refractivity contribution is 0.409. The summed E-state index contributed by atoms with van der Waals surface area (Å²) >= 11 is 0. The van der Waals surface area contributed by atoms with E-state index in [4.69, 9.17) is 9.41 Å². The Balaban J connectivity index is 1.08. The summed E-state index contributed by atoms with van der Waals surface area (Å²) in [5, 5.41) is 15.8. The Kier molecular flexibility index (Phi) is 7.22. The van der Waals surface area contributed by atoms with Gasteiger partial charge in [0, 0.05) is 27.6 Å². The fourth-order valence-corrected chi connectivity index (χ4v) is 8.63. The van der Waals surface area contributed by atoms with Crippen molar-refractivity contribution in [1.82, 2.24) is 15.2 Å². The number of nitrogens with zero attached hydrogens (tertiary/aromatic N) is 2. The molecule has 10 aromatic rings. The van der Waals surface area contributed by atoms with Gasteiger partial charge in [-0.05, 0) is 75.0 Å². The second-order valence-corrected chi connectivity index (χ2v) is 14.4. The van der Waals surface area contributed by atoms with Crippen molar-refractivity contribution in [2.45, 2.75) is 19.3 Å². The molecule has 0 saturated heterocycles. The average Bonchev–Trinajstić information content (AvgIpc) is 3.79. The smallest absolute Gasteiger partial charge is 0.213 e. The molecule has 55 heavy (non-hydrogen) atoms. The molecule has 0 amide bonds. The topological polar surface area (TPSA) is 54.5 Å². The number of benzene rings is 8. The van der Waals surface area contributed by atoms with Crippen molar-refractivity contribution < 1.29 is 4.42 Å². The third-order valence-electron chi connectivity index (χ3n) is 11.3. The lowest BCUT2D eigenvalue weighted by Crippen LogP contribution is -2.44. The summed E-state index contributed by atoms with van der Waals surface area (Å²) in [7, 11) is 0. The number of hydrogen-bond donors (Lipinski definition) is 2. The molecule has 0 bridgehead atoms. The maximum absolute atomic E-state index is 7.20. The van der Waals surface area contributed by atoms with Crippen LogP contribution in [0, 0.1) is 6.92 Å². The number of aryl methyl sites for hydroxylation is 1. The molecule has 2 atom stereocenters. The molecule has 8 aromatic carbocycles. The van der Waals surface area contributed by atoms with Gasteiger partial charge in [0.05, 0.1) is 10.9 Å². The number of hydrogen-bond acceptors (Lipinski definition) is 4. The first-order valence-corrected chi connectivity index (χ1v) is 18.9. The van der Waals surface area contributed by atoms with Gasteiger partial charge in [-0.3, -0.25) is 9.88 Å². The van der Waals surface area contributed by atoms with Crippen molar-refractivity contribution in [3.05, 3.63) is 198 Å². The number of aliphatic imine (C=N–C) groups is 1. The van der Waals surface area contributed by atoms with Crippen molar-refractivity contribution in [1.29, 1.82) is 0 Å². The molecule has 2 N–H and O–H groups in total. The van der Waals surface area contributed by atoms with Gasteiger partial charge >= 0.3 is 0 Å². The van der Waals surface area contributed by atoms with Crippen LogP contribution >= 0.6 is 0 Å². The Morgan fingerprint density at radius 2 is 1.24 bits per heavy atom. The summed E-state index contributed by atoms with van der Waals surface area (Å²) in [6, 6.07) is 62.3. The number of furan rings is 1. The predicted molar refractivity (Wildman–Crippen MR) is 227 cm³/mol. The van der Waals surface area contributed by atoms with E-state index in [0.717, 1.165) is 66.9 Å². The van der Waals surface area contributed by atoms with Crippen molar-refractivity contribution in [3.8, 4) is 16.8 Å². The molecule has 5 nitrogen and oxygen atoms in total. The first-order chi connectivity index (χ1) is 27.2. The summed E-state index contributed by atoms with van der Waals surface area (Å²) in [6.07, 6.45) is -0.348. The third-order valence-corrected chi connectivity index (χ3v) is 11.3. The Morgan fingerprint density at radius 1 is 0.564 bits per heavy atom. The van der Waals surface area contributed by atoms with Crippen LogP contribution < -0.4 is 10.6 Å². The molecule has 5 heteroatoms. The van der Waals surface area contributed by atoms with E-state index in [0.29, 0.717) is 0 Å². The first-order valence-electron chi connectivity index (χ1n) is 18.9. The van der Waals surface area contributed by atoms with E-state index >= 15 is 0 Å². The van der Waals surface area contributed by atoms with E-state index < -0.39 is 0 Å². The molecule has 0 saturated carbocycles. The second kappa shape index (κ2) is 12.6. The minimum absolute atomic E-state index is 0.154. The Morgan fingerprint density at radius 3 is 2.04 bits per heavy atom. The van der Waals surface area contributed by atoms with Crippen LogP contribution in [-0.4, -0.2) is 10.4 Å². The van der Waals surface area contributed by atoms with Gasteiger partial charge in [-0.25, -0.2) is 4.99 Å². The Bertz CT molecular complexity index is 3100. The minimum atomic E-state index is -0.194. The molecule has 0 spiro atoms. The summed E-state index contributed by atoms with van der Waals surface area (Å²) in [5.74, 6) is 0.868. The fourth-order valence-electron chi connectivity index (χ4n) is 8.63. The normalized spacial score (nSPS) is 15.9. The van der Waals surface area contributed by atoms with Crippen LogP contribution in [0.5, 0.6) is 0 Å². The van der Waals surface area contributed by atoms with Crippen LogP contribution in [0.2, 0.25) is 0 Å². The lowest BCUT2D eigenvalue weighted by atomic mass is 9.90. The number of amidine groups is 1. The molecule has 2 unspecified atom stereocenters. The number of fused-ring (bicyclic) bond motifs is 8. The van der Waals surface area contributed by atoms with Gasteiger partial charge in [0.15, 0.2) is 0 Å². The van der Waals surface area contributed by atoms with Crippen LogP contribution in [0.3, 0.4) is 0 Å². The summed E-state index contributed by atoms with van der Waals surface area (Å²) in [6.45, 7) is 2.23. The fraction of sp³-hybridized carbons (Fsp3) is 0.0600. The van der Waals surface area contributed by atoms with E-state index in [1.54, 1.807) is 0 Å². The molecule has 1 aliphatic rings. The maximum Gasteiger partial charge on any atom is 0.213 e. The van der Waals surface area contributed by atoms with Crippen molar-refractivity contribution in [2.24, 2.45) is 4.99 Å². The second-order valence-electron chi connectivity index (χ2n) is 14.4. The number of rotatable bonds is 5. The van der Waals surface area contributed by atoms with Gasteiger partial charge in [-0.1, -0.05) is 152 Å². The SMILES string of the molecule is Cc1c(-c2ccc3ccccc3c2)c2oc3c(c4ccccc4n3-c3ccc(C4NC(c5ccccc5)=NC(c5ccccc5)N4)cc3)c2c2ccccc12. The molecule has 3 heterocycles. The van der Waals surface area contributed by atoms with Gasteiger partial charge in [0.25, 0.3) is 0 Å². The zero-order valence-corrected chi connectivity index (χ0v) is 30.2. The predicted octanol–water partition coefficient (Wildman–Crippen LogP) is 12.1. The van der Waals surface area contributed by atoms with Crippen LogP contribution in [0.1, 0.15) is 34.6 Å². The van der Waals surface area contributed by atoms with Gasteiger partial charge in [-0.15, -0.1) is 0 Å². The largest absolute Gasteiger partial charge is 0.438 e. The minimum Gasteiger partial charge on any atom is -0.438 e. The third kappa shape index (κ3) is 5.08. The van der Waals surface area contributed by atoms with E-state index in [-0.39, 0.29) is 12.3 Å². The summed E-state index contributed by atoms with van der Waals surface area (Å²) < 4.78 is 9.49.